The first-order chi connectivity index (χ1) is 18.2. The summed E-state index contributed by atoms with van der Waals surface area (Å²) in [6.45, 7) is 6.08. The van der Waals surface area contributed by atoms with Crippen LogP contribution in [0, 0.1) is 5.41 Å². The summed E-state index contributed by atoms with van der Waals surface area (Å²) in [6.07, 6.45) is 9.15. The van der Waals surface area contributed by atoms with Crippen LogP contribution < -0.4 is 9.64 Å². The van der Waals surface area contributed by atoms with Crippen LogP contribution in [0.25, 0.3) is 11.4 Å². The Kier molecular flexibility index (Phi) is 8.72. The van der Waals surface area contributed by atoms with Crippen molar-refractivity contribution in [2.45, 2.75) is 50.1 Å². The summed E-state index contributed by atoms with van der Waals surface area (Å²) in [6, 6.07) is 18.8. The molecular weight excluding hydrogens is 478 g/mol. The number of thioether (sulfide) groups is 1. The standard InChI is InChI=1S/C30H41N5OS/c1-33-28(25-11-5-3-6-12-25)31-32-29(33)37-24-10-4-9-19-34-20-15-30(16-21-34)17-22-35(23-18-30)26-13-7-8-14-27(26)36-2/h3,5-8,11-14H,4,9-10,15-24H2,1-2H3. The second kappa shape index (κ2) is 12.4. The summed E-state index contributed by atoms with van der Waals surface area (Å²) >= 11 is 1.83. The maximum Gasteiger partial charge on any atom is 0.191 e. The molecule has 2 fully saturated rings. The lowest BCUT2D eigenvalue weighted by molar-refractivity contribution is 0.0789. The SMILES string of the molecule is COc1ccccc1N1CCC2(CCN(CCCCCSc3nnc(-c4ccccc4)n3C)CC2)CC1. The minimum absolute atomic E-state index is 0.556. The van der Waals surface area contributed by atoms with Crippen molar-refractivity contribution in [3.05, 3.63) is 54.6 Å². The first-order valence-corrected chi connectivity index (χ1v) is 14.8. The van der Waals surface area contributed by atoms with E-state index in [-0.39, 0.29) is 0 Å². The fourth-order valence-electron chi connectivity index (χ4n) is 5.92. The van der Waals surface area contributed by atoms with Crippen LogP contribution >= 0.6 is 11.8 Å². The van der Waals surface area contributed by atoms with Gasteiger partial charge in [-0.1, -0.05) is 60.6 Å². The van der Waals surface area contributed by atoms with E-state index in [0.717, 1.165) is 41.1 Å². The Balaban J connectivity index is 0.976. The number of benzene rings is 2. The molecule has 37 heavy (non-hydrogen) atoms. The van der Waals surface area contributed by atoms with Gasteiger partial charge in [0.25, 0.3) is 0 Å². The Hall–Kier alpha value is -2.51. The number of anilines is 1. The van der Waals surface area contributed by atoms with Gasteiger partial charge in [0.1, 0.15) is 5.75 Å². The van der Waals surface area contributed by atoms with E-state index in [0.29, 0.717) is 5.41 Å². The van der Waals surface area contributed by atoms with E-state index in [1.165, 1.54) is 70.3 Å². The van der Waals surface area contributed by atoms with Crippen LogP contribution in [0.1, 0.15) is 44.9 Å². The number of hydrogen-bond donors (Lipinski definition) is 0. The van der Waals surface area contributed by atoms with Gasteiger partial charge in [-0.3, -0.25) is 0 Å². The van der Waals surface area contributed by atoms with Gasteiger partial charge >= 0.3 is 0 Å². The largest absolute Gasteiger partial charge is 0.495 e. The number of likely N-dealkylation sites (tertiary alicyclic amines) is 1. The molecule has 3 aromatic rings. The second-order valence-corrected chi connectivity index (χ2v) is 11.7. The molecule has 2 saturated heterocycles. The van der Waals surface area contributed by atoms with Crippen LogP contribution in [0.2, 0.25) is 0 Å². The highest BCUT2D eigenvalue weighted by Gasteiger charge is 2.37. The first kappa shape index (κ1) is 26.1. The van der Waals surface area contributed by atoms with Crippen molar-refractivity contribution in [3.8, 4) is 17.1 Å². The molecule has 1 spiro atoms. The average molecular weight is 520 g/mol. The predicted octanol–water partition coefficient (Wildman–Crippen LogP) is 6.14. The van der Waals surface area contributed by atoms with E-state index in [4.69, 9.17) is 4.74 Å². The van der Waals surface area contributed by atoms with E-state index in [1.54, 1.807) is 7.11 Å². The topological polar surface area (TPSA) is 46.4 Å². The molecule has 2 aromatic carbocycles. The van der Waals surface area contributed by atoms with E-state index >= 15 is 0 Å². The number of piperidine rings is 2. The van der Waals surface area contributed by atoms with Crippen molar-refractivity contribution in [2.75, 3.05) is 50.5 Å². The van der Waals surface area contributed by atoms with Crippen LogP contribution in [0.15, 0.2) is 59.8 Å². The Labute approximate surface area is 226 Å². The van der Waals surface area contributed by atoms with Crippen LogP contribution in [0.3, 0.4) is 0 Å². The highest BCUT2D eigenvalue weighted by Crippen LogP contribution is 2.43. The highest BCUT2D eigenvalue weighted by atomic mass is 32.2. The van der Waals surface area contributed by atoms with Crippen LogP contribution in [-0.2, 0) is 7.05 Å². The summed E-state index contributed by atoms with van der Waals surface area (Å²) in [5.74, 6) is 3.05. The molecule has 2 aliphatic heterocycles. The van der Waals surface area contributed by atoms with Gasteiger partial charge in [-0.25, -0.2) is 0 Å². The predicted molar refractivity (Wildman–Crippen MR) is 154 cm³/mol. The molecule has 0 N–H and O–H groups in total. The Morgan fingerprint density at radius 2 is 1.54 bits per heavy atom. The summed E-state index contributed by atoms with van der Waals surface area (Å²) in [5, 5.41) is 9.83. The van der Waals surface area contributed by atoms with Crippen LogP contribution in [0.4, 0.5) is 5.69 Å². The molecule has 3 heterocycles. The molecule has 198 valence electrons. The molecule has 0 bridgehead atoms. The minimum atomic E-state index is 0.556. The number of para-hydroxylation sites is 2. The number of aromatic nitrogens is 3. The molecule has 1 aromatic heterocycles. The van der Waals surface area contributed by atoms with Crippen LogP contribution in [-0.4, -0.2) is 65.3 Å². The molecule has 0 unspecified atom stereocenters. The average Bonchev–Trinajstić information content (AvgIpc) is 3.32. The summed E-state index contributed by atoms with van der Waals surface area (Å²) in [7, 11) is 3.84. The summed E-state index contributed by atoms with van der Waals surface area (Å²) < 4.78 is 7.72. The molecule has 0 atom stereocenters. The molecular formula is C30H41N5OS. The lowest BCUT2D eigenvalue weighted by Gasteiger charge is -2.47. The van der Waals surface area contributed by atoms with Crippen molar-refractivity contribution < 1.29 is 4.74 Å². The molecule has 0 radical (unpaired) electrons. The van der Waals surface area contributed by atoms with Gasteiger partial charge < -0.3 is 19.1 Å². The number of unbranched alkanes of at least 4 members (excludes halogenated alkanes) is 2. The maximum absolute atomic E-state index is 5.60. The number of nitrogens with zero attached hydrogens (tertiary/aromatic N) is 5. The lowest BCUT2D eigenvalue weighted by Crippen LogP contribution is -2.47. The van der Waals surface area contributed by atoms with Gasteiger partial charge in [-0.2, -0.15) is 0 Å². The van der Waals surface area contributed by atoms with Gasteiger partial charge in [0.2, 0.25) is 0 Å². The molecule has 0 aliphatic carbocycles. The fourth-order valence-corrected chi connectivity index (χ4v) is 6.83. The monoisotopic (exact) mass is 519 g/mol. The van der Waals surface area contributed by atoms with Gasteiger partial charge in [0.05, 0.1) is 12.8 Å². The van der Waals surface area contributed by atoms with Crippen molar-refractivity contribution in [1.29, 1.82) is 0 Å². The molecule has 0 amide bonds. The third-order valence-electron chi connectivity index (χ3n) is 8.38. The third kappa shape index (κ3) is 6.32. The van der Waals surface area contributed by atoms with Crippen molar-refractivity contribution >= 4 is 17.4 Å². The first-order valence-electron chi connectivity index (χ1n) is 13.9. The lowest BCUT2D eigenvalue weighted by atomic mass is 9.71. The summed E-state index contributed by atoms with van der Waals surface area (Å²) in [4.78, 5) is 5.23. The zero-order valence-electron chi connectivity index (χ0n) is 22.4. The van der Waals surface area contributed by atoms with Gasteiger partial charge in [0.15, 0.2) is 11.0 Å². The molecule has 7 heteroatoms. The zero-order valence-corrected chi connectivity index (χ0v) is 23.3. The number of methoxy groups -OCH3 is 1. The Morgan fingerprint density at radius 1 is 0.838 bits per heavy atom. The minimum Gasteiger partial charge on any atom is -0.495 e. The van der Waals surface area contributed by atoms with E-state index < -0.39 is 0 Å². The maximum atomic E-state index is 5.60. The van der Waals surface area contributed by atoms with Crippen molar-refractivity contribution in [2.24, 2.45) is 12.5 Å². The van der Waals surface area contributed by atoms with E-state index in [9.17, 15) is 0 Å². The Bertz CT molecular complexity index is 1120. The number of ether oxygens (including phenoxy) is 1. The van der Waals surface area contributed by atoms with E-state index in [2.05, 4.69) is 68.0 Å². The van der Waals surface area contributed by atoms with Crippen molar-refractivity contribution in [1.82, 2.24) is 19.7 Å². The van der Waals surface area contributed by atoms with Crippen molar-refractivity contribution in [3.63, 3.8) is 0 Å². The molecule has 6 nitrogen and oxygen atoms in total. The highest BCUT2D eigenvalue weighted by molar-refractivity contribution is 7.99. The quantitative estimate of drug-likeness (QED) is 0.237. The van der Waals surface area contributed by atoms with Gasteiger partial charge in [-0.15, -0.1) is 10.2 Å². The second-order valence-electron chi connectivity index (χ2n) is 10.6. The van der Waals surface area contributed by atoms with E-state index in [1.807, 2.05) is 30.0 Å². The normalized spacial score (nSPS) is 17.8. The number of hydrogen-bond acceptors (Lipinski definition) is 6. The smallest absolute Gasteiger partial charge is 0.191 e. The van der Waals surface area contributed by atoms with Gasteiger partial charge in [-0.05, 0) is 75.7 Å². The zero-order chi connectivity index (χ0) is 25.5. The number of rotatable bonds is 10. The van der Waals surface area contributed by atoms with Crippen LogP contribution in [0.5, 0.6) is 5.75 Å². The molecule has 0 saturated carbocycles. The molecule has 5 rings (SSSR count). The van der Waals surface area contributed by atoms with Gasteiger partial charge in [0, 0.05) is 31.5 Å². The third-order valence-corrected chi connectivity index (χ3v) is 9.49. The summed E-state index contributed by atoms with van der Waals surface area (Å²) in [5.41, 5.74) is 2.93. The molecule has 2 aliphatic rings. The Morgan fingerprint density at radius 3 is 2.30 bits per heavy atom. The fraction of sp³-hybridized carbons (Fsp3) is 0.533.